The predicted octanol–water partition coefficient (Wildman–Crippen LogP) is 10.2. The molecular weight excluding hydrogens is 514 g/mol. The number of hydrogen-bond donors (Lipinski definition) is 0. The highest BCUT2D eigenvalue weighted by atomic mass is 16.5. The summed E-state index contributed by atoms with van der Waals surface area (Å²) < 4.78 is 5.56. The molecule has 4 rings (SSSR count). The zero-order chi connectivity index (χ0) is 30.7. The molecule has 242 valence electrons. The number of carbonyl (C=O) groups is 1. The standard InChI is InChI=1S/C39H69NO2/c1-27(2)12-10-13-29(5)34-18-19-35-33-17-16-32-24-30(20-22-38(32,6)36(33)21-23-39(34,35)7)14-11-15-31(25-40(8)9)26-42-37(41)28(3)4/h27,29-36H,3,10-26H2,1-2,4-9H3/t29-,30+,31?,32+,33+,34?,35+,36+,38+,39-/m1/s1. The molecule has 0 spiro atoms. The van der Waals surface area contributed by atoms with Gasteiger partial charge in [-0.2, -0.15) is 0 Å². The Morgan fingerprint density at radius 1 is 0.905 bits per heavy atom. The molecule has 4 aliphatic rings. The van der Waals surface area contributed by atoms with E-state index in [-0.39, 0.29) is 5.97 Å². The quantitative estimate of drug-likeness (QED) is 0.150. The lowest BCUT2D eigenvalue weighted by atomic mass is 9.44. The van der Waals surface area contributed by atoms with Gasteiger partial charge in [0.15, 0.2) is 0 Å². The van der Waals surface area contributed by atoms with Crippen LogP contribution in [-0.2, 0) is 9.53 Å². The summed E-state index contributed by atoms with van der Waals surface area (Å²) in [6.45, 7) is 19.9. The SMILES string of the molecule is C=C(C)C(=O)OCC(CCC[C@H]1CC[C@@]2(C)[C@@H](CC[C@@H]3[C@@H]2CC[C@]2(C)C([C@H](C)CCCC(C)C)CC[C@@H]32)C1)CN(C)C. The Labute approximate surface area is 261 Å². The van der Waals surface area contributed by atoms with Crippen LogP contribution in [0.15, 0.2) is 12.2 Å². The van der Waals surface area contributed by atoms with E-state index in [2.05, 4.69) is 60.2 Å². The van der Waals surface area contributed by atoms with Gasteiger partial charge in [0.1, 0.15) is 0 Å². The molecular formula is C39H69NO2. The van der Waals surface area contributed by atoms with Gasteiger partial charge < -0.3 is 9.64 Å². The molecule has 0 saturated heterocycles. The van der Waals surface area contributed by atoms with Crippen LogP contribution in [0.1, 0.15) is 138 Å². The average Bonchev–Trinajstić information content (AvgIpc) is 3.28. The Bertz CT molecular complexity index is 895. The van der Waals surface area contributed by atoms with E-state index >= 15 is 0 Å². The average molecular weight is 584 g/mol. The van der Waals surface area contributed by atoms with E-state index in [1.807, 2.05) is 0 Å². The number of esters is 1. The highest BCUT2D eigenvalue weighted by Crippen LogP contribution is 2.68. The van der Waals surface area contributed by atoms with Crippen LogP contribution in [0.25, 0.3) is 0 Å². The maximum Gasteiger partial charge on any atom is 0.333 e. The van der Waals surface area contributed by atoms with Crippen molar-refractivity contribution in [2.24, 2.45) is 64.1 Å². The normalized spacial score (nSPS) is 37.6. The topological polar surface area (TPSA) is 29.5 Å². The van der Waals surface area contributed by atoms with Crippen molar-refractivity contribution in [3.05, 3.63) is 12.2 Å². The lowest BCUT2D eigenvalue weighted by Gasteiger charge is -2.61. The summed E-state index contributed by atoms with van der Waals surface area (Å²) >= 11 is 0. The fraction of sp³-hybridized carbons (Fsp3) is 0.923. The Morgan fingerprint density at radius 2 is 1.62 bits per heavy atom. The van der Waals surface area contributed by atoms with E-state index < -0.39 is 0 Å². The van der Waals surface area contributed by atoms with Gasteiger partial charge in [0.25, 0.3) is 0 Å². The smallest absolute Gasteiger partial charge is 0.333 e. The van der Waals surface area contributed by atoms with Crippen molar-refractivity contribution in [2.45, 2.75) is 138 Å². The van der Waals surface area contributed by atoms with Crippen LogP contribution < -0.4 is 0 Å². The van der Waals surface area contributed by atoms with Gasteiger partial charge in [-0.05, 0) is 143 Å². The van der Waals surface area contributed by atoms with Gasteiger partial charge in [0, 0.05) is 18.0 Å². The third kappa shape index (κ3) is 7.69. The molecule has 4 aliphatic carbocycles. The number of nitrogens with zero attached hydrogens (tertiary/aromatic N) is 1. The van der Waals surface area contributed by atoms with E-state index in [1.54, 1.807) is 6.92 Å². The van der Waals surface area contributed by atoms with Crippen molar-refractivity contribution in [1.82, 2.24) is 4.90 Å². The van der Waals surface area contributed by atoms with E-state index in [9.17, 15) is 4.79 Å². The first-order chi connectivity index (χ1) is 19.8. The first-order valence-corrected chi connectivity index (χ1v) is 18.3. The number of hydrogen-bond acceptors (Lipinski definition) is 3. The molecule has 0 heterocycles. The van der Waals surface area contributed by atoms with Crippen molar-refractivity contribution < 1.29 is 9.53 Å². The first kappa shape index (κ1) is 34.1. The molecule has 42 heavy (non-hydrogen) atoms. The molecule has 0 aromatic rings. The number of ether oxygens (including phenoxy) is 1. The van der Waals surface area contributed by atoms with Gasteiger partial charge in [0.2, 0.25) is 0 Å². The third-order valence-electron chi connectivity index (χ3n) is 13.6. The fourth-order valence-corrected chi connectivity index (χ4v) is 11.4. The van der Waals surface area contributed by atoms with Gasteiger partial charge in [0.05, 0.1) is 6.61 Å². The summed E-state index contributed by atoms with van der Waals surface area (Å²) in [5, 5.41) is 0. The van der Waals surface area contributed by atoms with Crippen molar-refractivity contribution in [3.63, 3.8) is 0 Å². The summed E-state index contributed by atoms with van der Waals surface area (Å²) in [6.07, 6.45) is 21.5. The highest BCUT2D eigenvalue weighted by Gasteiger charge is 2.60. The molecule has 0 aromatic carbocycles. The number of carbonyl (C=O) groups excluding carboxylic acids is 1. The minimum atomic E-state index is -0.242. The number of fused-ring (bicyclic) bond motifs is 5. The molecule has 4 fully saturated rings. The van der Waals surface area contributed by atoms with Crippen LogP contribution in [-0.4, -0.2) is 38.1 Å². The molecule has 0 N–H and O–H groups in total. The summed E-state index contributed by atoms with van der Waals surface area (Å²) in [4.78, 5) is 14.2. The Morgan fingerprint density at radius 3 is 2.31 bits per heavy atom. The summed E-state index contributed by atoms with van der Waals surface area (Å²) in [7, 11) is 4.25. The van der Waals surface area contributed by atoms with Crippen molar-refractivity contribution in [1.29, 1.82) is 0 Å². The Hall–Kier alpha value is -0.830. The summed E-state index contributed by atoms with van der Waals surface area (Å²) in [5.74, 6) is 7.73. The molecule has 0 radical (unpaired) electrons. The molecule has 0 amide bonds. The largest absolute Gasteiger partial charge is 0.462 e. The molecule has 10 atom stereocenters. The van der Waals surface area contributed by atoms with Crippen molar-refractivity contribution in [3.8, 4) is 0 Å². The van der Waals surface area contributed by atoms with Crippen LogP contribution in [0.5, 0.6) is 0 Å². The van der Waals surface area contributed by atoms with Gasteiger partial charge in [-0.25, -0.2) is 4.79 Å². The molecule has 0 aliphatic heterocycles. The van der Waals surface area contributed by atoms with Crippen LogP contribution in [0.3, 0.4) is 0 Å². The van der Waals surface area contributed by atoms with Crippen LogP contribution >= 0.6 is 0 Å². The second kappa shape index (κ2) is 14.5. The van der Waals surface area contributed by atoms with E-state index in [4.69, 9.17) is 4.74 Å². The minimum absolute atomic E-state index is 0.242. The molecule has 4 saturated carbocycles. The van der Waals surface area contributed by atoms with Crippen LogP contribution in [0.4, 0.5) is 0 Å². The third-order valence-corrected chi connectivity index (χ3v) is 13.6. The maximum absolute atomic E-state index is 12.0. The van der Waals surface area contributed by atoms with Crippen LogP contribution in [0, 0.1) is 64.1 Å². The highest BCUT2D eigenvalue weighted by molar-refractivity contribution is 5.86. The lowest BCUT2D eigenvalue weighted by Crippen LogP contribution is -2.53. The second-order valence-electron chi connectivity index (χ2n) is 17.3. The maximum atomic E-state index is 12.0. The van der Waals surface area contributed by atoms with E-state index in [0.29, 0.717) is 28.9 Å². The fourth-order valence-electron chi connectivity index (χ4n) is 11.4. The first-order valence-electron chi connectivity index (χ1n) is 18.3. The molecule has 0 aromatic heterocycles. The van der Waals surface area contributed by atoms with Crippen LogP contribution in [0.2, 0.25) is 0 Å². The predicted molar refractivity (Wildman–Crippen MR) is 178 cm³/mol. The van der Waals surface area contributed by atoms with Gasteiger partial charge in [-0.1, -0.05) is 73.3 Å². The molecule has 3 nitrogen and oxygen atoms in total. The monoisotopic (exact) mass is 584 g/mol. The summed E-state index contributed by atoms with van der Waals surface area (Å²) in [5.41, 5.74) is 1.70. The Balaban J connectivity index is 1.29. The van der Waals surface area contributed by atoms with Crippen molar-refractivity contribution >= 4 is 5.97 Å². The van der Waals surface area contributed by atoms with E-state index in [0.717, 1.165) is 60.3 Å². The molecule has 2 unspecified atom stereocenters. The Kier molecular flexibility index (Phi) is 11.8. The second-order valence-corrected chi connectivity index (χ2v) is 17.3. The minimum Gasteiger partial charge on any atom is -0.462 e. The van der Waals surface area contributed by atoms with Gasteiger partial charge in [-0.15, -0.1) is 0 Å². The molecule has 3 heteroatoms. The lowest BCUT2D eigenvalue weighted by molar-refractivity contribution is -0.140. The van der Waals surface area contributed by atoms with Crippen molar-refractivity contribution in [2.75, 3.05) is 27.2 Å². The zero-order valence-electron chi connectivity index (χ0n) is 29.2. The summed E-state index contributed by atoms with van der Waals surface area (Å²) in [6, 6.07) is 0. The zero-order valence-corrected chi connectivity index (χ0v) is 29.2. The van der Waals surface area contributed by atoms with Gasteiger partial charge in [-0.3, -0.25) is 0 Å². The molecule has 0 bridgehead atoms. The van der Waals surface area contributed by atoms with Gasteiger partial charge >= 0.3 is 5.97 Å². The number of rotatable bonds is 14. The van der Waals surface area contributed by atoms with E-state index in [1.165, 1.54) is 89.9 Å².